The van der Waals surface area contributed by atoms with E-state index in [0.29, 0.717) is 12.0 Å². The van der Waals surface area contributed by atoms with Crippen molar-refractivity contribution in [2.24, 2.45) is 0 Å². The molecule has 0 aliphatic carbocycles. The fourth-order valence-electron chi connectivity index (χ4n) is 3.21. The molecule has 1 saturated heterocycles. The van der Waals surface area contributed by atoms with Crippen LogP contribution in [-0.4, -0.2) is 21.9 Å². The van der Waals surface area contributed by atoms with Crippen LogP contribution < -0.4 is 0 Å². The first-order chi connectivity index (χ1) is 9.35. The molecule has 1 aliphatic heterocycles. The molecule has 1 atom stereocenters. The van der Waals surface area contributed by atoms with E-state index in [-0.39, 0.29) is 6.42 Å². The number of ether oxygens (including phenoxy) is 1. The Kier molecular flexibility index (Phi) is 3.66. The average Bonchev–Trinajstić information content (AvgIpc) is 2.41. The van der Waals surface area contributed by atoms with E-state index < -0.39 is 28.5 Å². The SMILES string of the molecule is CC1(C)CC(O)(Cc2cccc(C(F)(F)F)c2)C(C)(C)O1. The summed E-state index contributed by atoms with van der Waals surface area (Å²) in [7, 11) is 0. The zero-order valence-corrected chi connectivity index (χ0v) is 12.7. The van der Waals surface area contributed by atoms with Crippen LogP contribution in [0, 0.1) is 0 Å². The normalized spacial score (nSPS) is 27.8. The van der Waals surface area contributed by atoms with Crippen LogP contribution in [0.1, 0.15) is 45.2 Å². The van der Waals surface area contributed by atoms with Crippen LogP contribution in [0.3, 0.4) is 0 Å². The molecular weight excluding hydrogens is 281 g/mol. The van der Waals surface area contributed by atoms with Crippen molar-refractivity contribution in [1.29, 1.82) is 0 Å². The first-order valence-corrected chi connectivity index (χ1v) is 6.93. The number of hydrogen-bond acceptors (Lipinski definition) is 2. The van der Waals surface area contributed by atoms with Gasteiger partial charge in [0.1, 0.15) is 0 Å². The third kappa shape index (κ3) is 3.24. The molecule has 1 N–H and O–H groups in total. The molecule has 1 aromatic rings. The summed E-state index contributed by atoms with van der Waals surface area (Å²) in [5, 5.41) is 10.9. The second-order valence-electron chi connectivity index (χ2n) is 6.96. The monoisotopic (exact) mass is 302 g/mol. The van der Waals surface area contributed by atoms with Crippen molar-refractivity contribution in [2.45, 2.75) is 63.5 Å². The van der Waals surface area contributed by atoms with Crippen molar-refractivity contribution in [3.63, 3.8) is 0 Å². The molecule has 0 aromatic heterocycles. The summed E-state index contributed by atoms with van der Waals surface area (Å²) in [4.78, 5) is 0. The average molecular weight is 302 g/mol. The molecule has 5 heteroatoms. The molecule has 1 aromatic carbocycles. The third-order valence-electron chi connectivity index (χ3n) is 4.12. The van der Waals surface area contributed by atoms with Crippen LogP contribution in [0.4, 0.5) is 13.2 Å². The Balaban J connectivity index is 2.30. The van der Waals surface area contributed by atoms with Gasteiger partial charge in [0.25, 0.3) is 0 Å². The quantitative estimate of drug-likeness (QED) is 0.896. The van der Waals surface area contributed by atoms with E-state index in [1.807, 2.05) is 13.8 Å². The van der Waals surface area contributed by atoms with Crippen molar-refractivity contribution in [2.75, 3.05) is 0 Å². The highest BCUT2D eigenvalue weighted by Gasteiger charge is 2.56. The van der Waals surface area contributed by atoms with Gasteiger partial charge >= 0.3 is 6.18 Å². The fourth-order valence-corrected chi connectivity index (χ4v) is 3.21. The summed E-state index contributed by atoms with van der Waals surface area (Å²) in [6.07, 6.45) is -3.86. The van der Waals surface area contributed by atoms with Crippen LogP contribution in [0.15, 0.2) is 24.3 Å². The van der Waals surface area contributed by atoms with Gasteiger partial charge in [-0.2, -0.15) is 13.2 Å². The van der Waals surface area contributed by atoms with Gasteiger partial charge in [-0.1, -0.05) is 18.2 Å². The molecule has 1 aliphatic rings. The molecular formula is C16H21F3O2. The van der Waals surface area contributed by atoms with E-state index >= 15 is 0 Å². The molecule has 118 valence electrons. The Morgan fingerprint density at radius 2 is 1.81 bits per heavy atom. The Labute approximate surface area is 122 Å². The van der Waals surface area contributed by atoms with Crippen molar-refractivity contribution >= 4 is 0 Å². The minimum Gasteiger partial charge on any atom is -0.386 e. The first kappa shape index (κ1) is 16.3. The van der Waals surface area contributed by atoms with Crippen LogP contribution in [0.5, 0.6) is 0 Å². The summed E-state index contributed by atoms with van der Waals surface area (Å²) in [6, 6.07) is 5.11. The molecule has 1 heterocycles. The highest BCUT2D eigenvalue weighted by atomic mass is 19.4. The molecule has 0 bridgehead atoms. The zero-order valence-electron chi connectivity index (χ0n) is 12.7. The number of benzene rings is 1. The number of halogens is 3. The van der Waals surface area contributed by atoms with Crippen molar-refractivity contribution < 1.29 is 23.0 Å². The van der Waals surface area contributed by atoms with E-state index in [4.69, 9.17) is 4.74 Å². The molecule has 0 saturated carbocycles. The Hall–Kier alpha value is -1.07. The predicted molar refractivity (Wildman–Crippen MR) is 74.0 cm³/mol. The lowest BCUT2D eigenvalue weighted by Crippen LogP contribution is -2.48. The summed E-state index contributed by atoms with van der Waals surface area (Å²) in [6.45, 7) is 7.29. The molecule has 21 heavy (non-hydrogen) atoms. The van der Waals surface area contributed by atoms with Crippen LogP contribution >= 0.6 is 0 Å². The second-order valence-corrected chi connectivity index (χ2v) is 6.96. The highest BCUT2D eigenvalue weighted by Crippen LogP contribution is 2.46. The maximum absolute atomic E-state index is 12.8. The largest absolute Gasteiger partial charge is 0.416 e. The van der Waals surface area contributed by atoms with Crippen LogP contribution in [0.25, 0.3) is 0 Å². The third-order valence-corrected chi connectivity index (χ3v) is 4.12. The summed E-state index contributed by atoms with van der Waals surface area (Å²) >= 11 is 0. The van der Waals surface area contributed by atoms with Crippen molar-refractivity contribution in [3.8, 4) is 0 Å². The van der Waals surface area contributed by atoms with E-state index in [2.05, 4.69) is 0 Å². The van der Waals surface area contributed by atoms with Gasteiger partial charge in [0.05, 0.1) is 22.4 Å². The Morgan fingerprint density at radius 3 is 2.29 bits per heavy atom. The smallest absolute Gasteiger partial charge is 0.386 e. The molecule has 2 nitrogen and oxygen atoms in total. The number of rotatable bonds is 2. The highest BCUT2D eigenvalue weighted by molar-refractivity contribution is 5.28. The lowest BCUT2D eigenvalue weighted by molar-refractivity contribution is -0.137. The molecule has 0 radical (unpaired) electrons. The van der Waals surface area contributed by atoms with Gasteiger partial charge in [0, 0.05) is 12.8 Å². The van der Waals surface area contributed by atoms with Gasteiger partial charge in [-0.05, 0) is 39.3 Å². The van der Waals surface area contributed by atoms with E-state index in [0.717, 1.165) is 12.1 Å². The molecule has 1 fully saturated rings. The lowest BCUT2D eigenvalue weighted by atomic mass is 9.78. The van der Waals surface area contributed by atoms with Crippen LogP contribution in [0.2, 0.25) is 0 Å². The van der Waals surface area contributed by atoms with Gasteiger partial charge in [0.2, 0.25) is 0 Å². The number of alkyl halides is 3. The van der Waals surface area contributed by atoms with E-state index in [1.54, 1.807) is 19.9 Å². The van der Waals surface area contributed by atoms with Crippen molar-refractivity contribution in [3.05, 3.63) is 35.4 Å². The second kappa shape index (κ2) is 4.71. The molecule has 0 spiro atoms. The zero-order chi connectivity index (χ0) is 16.1. The minimum atomic E-state index is -4.38. The maximum Gasteiger partial charge on any atom is 0.416 e. The first-order valence-electron chi connectivity index (χ1n) is 6.93. The molecule has 2 rings (SSSR count). The van der Waals surface area contributed by atoms with Crippen molar-refractivity contribution in [1.82, 2.24) is 0 Å². The standard InChI is InChI=1S/C16H21F3O2/c1-13(2)10-15(20,14(3,4)21-13)9-11-6-5-7-12(8-11)16(17,18)19/h5-8,20H,9-10H2,1-4H3. The van der Waals surface area contributed by atoms with Gasteiger partial charge in [-0.3, -0.25) is 0 Å². The Bertz CT molecular complexity index is 535. The van der Waals surface area contributed by atoms with Crippen LogP contribution in [-0.2, 0) is 17.3 Å². The fraction of sp³-hybridized carbons (Fsp3) is 0.625. The summed E-state index contributed by atoms with van der Waals surface area (Å²) in [5.74, 6) is 0. The van der Waals surface area contributed by atoms with Gasteiger partial charge < -0.3 is 9.84 Å². The molecule has 0 amide bonds. The van der Waals surface area contributed by atoms with E-state index in [1.165, 1.54) is 6.07 Å². The minimum absolute atomic E-state index is 0.132. The van der Waals surface area contributed by atoms with Gasteiger partial charge in [-0.15, -0.1) is 0 Å². The number of aliphatic hydroxyl groups is 1. The molecule has 1 unspecified atom stereocenters. The topological polar surface area (TPSA) is 29.5 Å². The predicted octanol–water partition coefficient (Wildman–Crippen LogP) is 3.96. The lowest BCUT2D eigenvalue weighted by Gasteiger charge is -2.35. The van der Waals surface area contributed by atoms with Gasteiger partial charge in [-0.25, -0.2) is 0 Å². The maximum atomic E-state index is 12.8. The van der Waals surface area contributed by atoms with E-state index in [9.17, 15) is 18.3 Å². The summed E-state index contributed by atoms with van der Waals surface area (Å²) in [5.41, 5.74) is -2.74. The van der Waals surface area contributed by atoms with Gasteiger partial charge in [0.15, 0.2) is 0 Å². The Morgan fingerprint density at radius 1 is 1.19 bits per heavy atom. The summed E-state index contributed by atoms with van der Waals surface area (Å²) < 4.78 is 44.1. The number of hydrogen-bond donors (Lipinski definition) is 1.